The van der Waals surface area contributed by atoms with E-state index in [2.05, 4.69) is 9.88 Å². The van der Waals surface area contributed by atoms with Gasteiger partial charge in [0.05, 0.1) is 0 Å². The van der Waals surface area contributed by atoms with E-state index in [0.29, 0.717) is 5.13 Å². The lowest BCUT2D eigenvalue weighted by Gasteiger charge is -2.36. The van der Waals surface area contributed by atoms with Gasteiger partial charge < -0.3 is 15.5 Å². The normalized spacial score (nSPS) is 16.4. The van der Waals surface area contributed by atoms with E-state index in [1.165, 1.54) is 16.2 Å². The number of rotatable bonds is 4. The molecule has 2 heterocycles. The summed E-state index contributed by atoms with van der Waals surface area (Å²) in [6, 6.07) is 0.164. The van der Waals surface area contributed by atoms with Crippen LogP contribution in [0.4, 0.5) is 9.93 Å². The molecule has 0 radical (unpaired) electrons. The second kappa shape index (κ2) is 6.90. The van der Waals surface area contributed by atoms with Crippen molar-refractivity contribution in [2.75, 3.05) is 45.0 Å². The lowest BCUT2D eigenvalue weighted by Crippen LogP contribution is -2.52. The predicted molar refractivity (Wildman–Crippen MR) is 81.7 cm³/mol. The number of aromatic nitrogens is 1. The number of hydrogen-bond donors (Lipinski definition) is 1. The van der Waals surface area contributed by atoms with Crippen molar-refractivity contribution in [1.82, 2.24) is 19.7 Å². The molecule has 2 amide bonds. The molecule has 2 N–H and O–H groups in total. The second-order valence-electron chi connectivity index (χ2n) is 4.88. The van der Waals surface area contributed by atoms with Crippen LogP contribution in [-0.4, -0.2) is 65.0 Å². The van der Waals surface area contributed by atoms with Crippen LogP contribution in [0.5, 0.6) is 0 Å². The van der Waals surface area contributed by atoms with Crippen LogP contribution in [0.2, 0.25) is 0 Å². The van der Waals surface area contributed by atoms with Crippen LogP contribution in [0.3, 0.4) is 0 Å². The number of hydrogen-bond acceptors (Lipinski definition) is 5. The first-order chi connectivity index (χ1) is 9.63. The SMILES string of the molecule is CCN(CC)C(=O)N1CCN(Cc2cnc(N)s2)CC1. The van der Waals surface area contributed by atoms with Gasteiger partial charge in [0.2, 0.25) is 0 Å². The van der Waals surface area contributed by atoms with E-state index in [9.17, 15) is 4.79 Å². The first-order valence-electron chi connectivity index (χ1n) is 7.10. The molecule has 2 rings (SSSR count). The molecule has 1 aliphatic rings. The van der Waals surface area contributed by atoms with Crippen LogP contribution in [0.25, 0.3) is 0 Å². The maximum absolute atomic E-state index is 12.2. The van der Waals surface area contributed by atoms with Gasteiger partial charge in [0, 0.05) is 56.9 Å². The van der Waals surface area contributed by atoms with Crippen LogP contribution >= 0.6 is 11.3 Å². The first kappa shape index (κ1) is 15.1. The molecule has 1 fully saturated rings. The average molecular weight is 297 g/mol. The summed E-state index contributed by atoms with van der Waals surface area (Å²) in [4.78, 5) is 23.7. The summed E-state index contributed by atoms with van der Waals surface area (Å²) >= 11 is 1.54. The summed E-state index contributed by atoms with van der Waals surface area (Å²) in [5.74, 6) is 0. The molecule has 0 aliphatic carbocycles. The van der Waals surface area contributed by atoms with Gasteiger partial charge in [0.15, 0.2) is 5.13 Å². The molecule has 7 heteroatoms. The molecule has 0 unspecified atom stereocenters. The Morgan fingerprint density at radius 2 is 2.00 bits per heavy atom. The van der Waals surface area contributed by atoms with E-state index in [1.807, 2.05) is 29.8 Å². The van der Waals surface area contributed by atoms with E-state index in [-0.39, 0.29) is 6.03 Å². The topological polar surface area (TPSA) is 65.7 Å². The molecule has 1 aliphatic heterocycles. The fraction of sp³-hybridized carbons (Fsp3) is 0.692. The number of nitrogens with zero attached hydrogens (tertiary/aromatic N) is 4. The zero-order chi connectivity index (χ0) is 14.5. The molecular weight excluding hydrogens is 274 g/mol. The third-order valence-electron chi connectivity index (χ3n) is 3.63. The summed E-state index contributed by atoms with van der Waals surface area (Å²) in [6.45, 7) is 9.87. The van der Waals surface area contributed by atoms with Crippen molar-refractivity contribution in [3.05, 3.63) is 11.1 Å². The third-order valence-corrected chi connectivity index (χ3v) is 4.44. The van der Waals surface area contributed by atoms with Crippen molar-refractivity contribution in [2.45, 2.75) is 20.4 Å². The minimum atomic E-state index is 0.164. The number of urea groups is 1. The third kappa shape index (κ3) is 3.61. The highest BCUT2D eigenvalue weighted by molar-refractivity contribution is 7.15. The summed E-state index contributed by atoms with van der Waals surface area (Å²) in [6.07, 6.45) is 1.84. The molecule has 6 nitrogen and oxygen atoms in total. The smallest absolute Gasteiger partial charge is 0.320 e. The Balaban J connectivity index is 1.81. The number of carbonyl (C=O) groups is 1. The number of nitrogens with two attached hydrogens (primary N) is 1. The first-order valence-corrected chi connectivity index (χ1v) is 7.92. The molecule has 0 atom stereocenters. The van der Waals surface area contributed by atoms with E-state index in [0.717, 1.165) is 45.8 Å². The molecule has 1 aromatic heterocycles. The molecule has 1 aromatic rings. The number of anilines is 1. The van der Waals surface area contributed by atoms with Crippen molar-refractivity contribution in [1.29, 1.82) is 0 Å². The summed E-state index contributed by atoms with van der Waals surface area (Å²) < 4.78 is 0. The fourth-order valence-corrected chi connectivity index (χ4v) is 3.13. The van der Waals surface area contributed by atoms with Gasteiger partial charge in [0.1, 0.15) is 0 Å². The van der Waals surface area contributed by atoms with Gasteiger partial charge in [-0.1, -0.05) is 0 Å². The molecule has 0 saturated carbocycles. The van der Waals surface area contributed by atoms with Crippen molar-refractivity contribution >= 4 is 22.5 Å². The zero-order valence-corrected chi connectivity index (χ0v) is 13.0. The van der Waals surface area contributed by atoms with Crippen molar-refractivity contribution in [3.63, 3.8) is 0 Å². The molecule has 0 spiro atoms. The Bertz CT molecular complexity index is 438. The van der Waals surface area contributed by atoms with Crippen LogP contribution in [0, 0.1) is 0 Å². The van der Waals surface area contributed by atoms with Crippen molar-refractivity contribution in [2.24, 2.45) is 0 Å². The number of piperazine rings is 1. The number of carbonyl (C=O) groups excluding carboxylic acids is 1. The maximum atomic E-state index is 12.2. The summed E-state index contributed by atoms with van der Waals surface area (Å²) in [5.41, 5.74) is 5.64. The van der Waals surface area contributed by atoms with Gasteiger partial charge in [0.25, 0.3) is 0 Å². The molecular formula is C13H23N5OS. The second-order valence-corrected chi connectivity index (χ2v) is 6.03. The van der Waals surface area contributed by atoms with Crippen molar-refractivity contribution in [3.8, 4) is 0 Å². The molecule has 0 bridgehead atoms. The molecule has 112 valence electrons. The van der Waals surface area contributed by atoms with E-state index in [1.54, 1.807) is 0 Å². The van der Waals surface area contributed by atoms with Gasteiger partial charge in [-0.3, -0.25) is 4.90 Å². The van der Waals surface area contributed by atoms with Crippen LogP contribution in [0.15, 0.2) is 6.20 Å². The zero-order valence-electron chi connectivity index (χ0n) is 12.2. The highest BCUT2D eigenvalue weighted by Crippen LogP contribution is 2.17. The highest BCUT2D eigenvalue weighted by Gasteiger charge is 2.24. The largest absolute Gasteiger partial charge is 0.375 e. The van der Waals surface area contributed by atoms with Crippen LogP contribution in [0.1, 0.15) is 18.7 Å². The van der Waals surface area contributed by atoms with Gasteiger partial charge >= 0.3 is 6.03 Å². The maximum Gasteiger partial charge on any atom is 0.320 e. The highest BCUT2D eigenvalue weighted by atomic mass is 32.1. The van der Waals surface area contributed by atoms with Crippen LogP contribution in [-0.2, 0) is 6.54 Å². The van der Waals surface area contributed by atoms with Gasteiger partial charge in [-0.15, -0.1) is 11.3 Å². The number of nitrogen functional groups attached to an aromatic ring is 1. The Morgan fingerprint density at radius 1 is 1.35 bits per heavy atom. The monoisotopic (exact) mass is 297 g/mol. The summed E-state index contributed by atoms with van der Waals surface area (Å²) in [7, 11) is 0. The lowest BCUT2D eigenvalue weighted by atomic mass is 10.3. The minimum absolute atomic E-state index is 0.164. The quantitative estimate of drug-likeness (QED) is 0.910. The van der Waals surface area contributed by atoms with Crippen molar-refractivity contribution < 1.29 is 4.79 Å². The van der Waals surface area contributed by atoms with Gasteiger partial charge in [-0.05, 0) is 13.8 Å². The van der Waals surface area contributed by atoms with E-state index < -0.39 is 0 Å². The Kier molecular flexibility index (Phi) is 5.19. The molecule has 1 saturated heterocycles. The Hall–Kier alpha value is -1.34. The van der Waals surface area contributed by atoms with E-state index in [4.69, 9.17) is 5.73 Å². The fourth-order valence-electron chi connectivity index (χ4n) is 2.41. The number of amides is 2. The molecule has 20 heavy (non-hydrogen) atoms. The van der Waals surface area contributed by atoms with Gasteiger partial charge in [-0.25, -0.2) is 9.78 Å². The van der Waals surface area contributed by atoms with E-state index >= 15 is 0 Å². The van der Waals surface area contributed by atoms with Gasteiger partial charge in [-0.2, -0.15) is 0 Å². The number of thiazole rings is 1. The lowest BCUT2D eigenvalue weighted by molar-refractivity contribution is 0.112. The minimum Gasteiger partial charge on any atom is -0.375 e. The average Bonchev–Trinajstić information content (AvgIpc) is 2.86. The Labute approximate surface area is 124 Å². The standard InChI is InChI=1S/C13H23N5OS/c1-3-17(4-2)13(19)18-7-5-16(6-8-18)10-11-9-15-12(14)20-11/h9H,3-8,10H2,1-2H3,(H2,14,15). The molecule has 0 aromatic carbocycles. The predicted octanol–water partition coefficient (Wildman–Crippen LogP) is 1.30. The summed E-state index contributed by atoms with van der Waals surface area (Å²) in [5, 5.41) is 0.621. The Morgan fingerprint density at radius 3 is 2.50 bits per heavy atom. The van der Waals surface area contributed by atoms with Crippen LogP contribution < -0.4 is 5.73 Å².